The van der Waals surface area contributed by atoms with Gasteiger partial charge in [0.05, 0.1) is 6.42 Å². The quantitative estimate of drug-likeness (QED) is 0.804. The molecule has 0 aromatic heterocycles. The minimum atomic E-state index is -0.564. The maximum absolute atomic E-state index is 13.0. The molecule has 0 aliphatic rings. The summed E-state index contributed by atoms with van der Waals surface area (Å²) in [5, 5.41) is 3.35. The number of aryl methyl sites for hydroxylation is 1. The van der Waals surface area contributed by atoms with E-state index in [1.165, 1.54) is 0 Å². The summed E-state index contributed by atoms with van der Waals surface area (Å²) in [6.45, 7) is 6.53. The maximum Gasteiger partial charge on any atom is 0.242 e. The topological polar surface area (TPSA) is 49.4 Å². The van der Waals surface area contributed by atoms with Crippen LogP contribution >= 0.6 is 11.6 Å². The van der Waals surface area contributed by atoms with Crippen LogP contribution in [-0.2, 0) is 22.6 Å². The van der Waals surface area contributed by atoms with Gasteiger partial charge < -0.3 is 10.2 Å². The second-order valence-electron chi connectivity index (χ2n) is 6.35. The Morgan fingerprint density at radius 1 is 1.15 bits per heavy atom. The predicted molar refractivity (Wildman–Crippen MR) is 105 cm³/mol. The van der Waals surface area contributed by atoms with Crippen molar-refractivity contribution >= 4 is 23.4 Å². The van der Waals surface area contributed by atoms with Crippen molar-refractivity contribution in [3.8, 4) is 0 Å². The average molecular weight is 373 g/mol. The standard InChI is InChI=1S/C21H25ClN2O2/c1-4-23-21(26)16(3)24(14-17-9-7-8-15(2)12-17)20(25)13-18-10-5-6-11-19(18)22/h5-12,16H,4,13-14H2,1-3H3,(H,23,26)/t16-/m0/s1. The van der Waals surface area contributed by atoms with Gasteiger partial charge in [0.1, 0.15) is 6.04 Å². The molecule has 1 N–H and O–H groups in total. The highest BCUT2D eigenvalue weighted by atomic mass is 35.5. The van der Waals surface area contributed by atoms with Crippen LogP contribution in [0.2, 0.25) is 5.02 Å². The Hall–Kier alpha value is -2.33. The molecule has 2 amide bonds. The lowest BCUT2D eigenvalue weighted by Crippen LogP contribution is -2.48. The van der Waals surface area contributed by atoms with E-state index in [0.717, 1.165) is 16.7 Å². The van der Waals surface area contributed by atoms with Crippen LogP contribution in [0.15, 0.2) is 48.5 Å². The molecule has 0 fully saturated rings. The molecule has 2 rings (SSSR count). The highest BCUT2D eigenvalue weighted by molar-refractivity contribution is 6.31. The van der Waals surface area contributed by atoms with Gasteiger partial charge in [0.2, 0.25) is 11.8 Å². The molecule has 4 nitrogen and oxygen atoms in total. The highest BCUT2D eigenvalue weighted by Gasteiger charge is 2.26. The first-order valence-electron chi connectivity index (χ1n) is 8.78. The molecule has 0 heterocycles. The Morgan fingerprint density at radius 2 is 1.88 bits per heavy atom. The van der Waals surface area contributed by atoms with Crippen LogP contribution in [0.3, 0.4) is 0 Å². The van der Waals surface area contributed by atoms with Crippen LogP contribution in [0, 0.1) is 6.92 Å². The summed E-state index contributed by atoms with van der Waals surface area (Å²) < 4.78 is 0. The van der Waals surface area contributed by atoms with Crippen LogP contribution in [0.1, 0.15) is 30.5 Å². The van der Waals surface area contributed by atoms with Crippen LogP contribution in [0.4, 0.5) is 0 Å². The van der Waals surface area contributed by atoms with E-state index < -0.39 is 6.04 Å². The number of carbonyl (C=O) groups is 2. The van der Waals surface area contributed by atoms with Crippen LogP contribution in [0.25, 0.3) is 0 Å². The van der Waals surface area contributed by atoms with Gasteiger partial charge in [0, 0.05) is 18.1 Å². The third kappa shape index (κ3) is 5.33. The zero-order valence-corrected chi connectivity index (χ0v) is 16.2. The first-order chi connectivity index (χ1) is 12.4. The first-order valence-corrected chi connectivity index (χ1v) is 9.16. The molecular formula is C21H25ClN2O2. The molecule has 0 unspecified atom stereocenters. The van der Waals surface area contributed by atoms with Crippen molar-refractivity contribution in [1.82, 2.24) is 10.2 Å². The lowest BCUT2D eigenvalue weighted by Gasteiger charge is -2.29. The zero-order chi connectivity index (χ0) is 19.1. The third-order valence-electron chi connectivity index (χ3n) is 4.25. The molecule has 0 spiro atoms. The minimum absolute atomic E-state index is 0.127. The normalized spacial score (nSPS) is 11.7. The van der Waals surface area contributed by atoms with Crippen molar-refractivity contribution in [1.29, 1.82) is 0 Å². The van der Waals surface area contributed by atoms with E-state index in [2.05, 4.69) is 5.32 Å². The molecule has 2 aromatic carbocycles. The number of carbonyl (C=O) groups excluding carboxylic acids is 2. The van der Waals surface area contributed by atoms with Gasteiger partial charge in [-0.2, -0.15) is 0 Å². The Labute approximate surface area is 160 Å². The number of hydrogen-bond donors (Lipinski definition) is 1. The number of amides is 2. The van der Waals surface area contributed by atoms with E-state index >= 15 is 0 Å². The largest absolute Gasteiger partial charge is 0.355 e. The Kier molecular flexibility index (Phi) is 7.22. The minimum Gasteiger partial charge on any atom is -0.355 e. The van der Waals surface area contributed by atoms with Gasteiger partial charge in [-0.25, -0.2) is 0 Å². The number of hydrogen-bond acceptors (Lipinski definition) is 2. The smallest absolute Gasteiger partial charge is 0.242 e. The molecule has 2 aromatic rings. The number of likely N-dealkylation sites (N-methyl/N-ethyl adjacent to an activating group) is 1. The lowest BCUT2D eigenvalue weighted by molar-refractivity contribution is -0.140. The van der Waals surface area contributed by atoms with Crippen LogP contribution < -0.4 is 5.32 Å². The molecule has 0 aliphatic heterocycles. The number of benzene rings is 2. The first kappa shape index (κ1) is 20.0. The monoisotopic (exact) mass is 372 g/mol. The molecule has 138 valence electrons. The van der Waals surface area contributed by atoms with Crippen molar-refractivity contribution < 1.29 is 9.59 Å². The molecule has 0 saturated heterocycles. The SMILES string of the molecule is CCNC(=O)[C@H](C)N(Cc1cccc(C)c1)C(=O)Cc1ccccc1Cl. The van der Waals surface area contributed by atoms with Gasteiger partial charge in [-0.05, 0) is 38.0 Å². The summed E-state index contributed by atoms with van der Waals surface area (Å²) in [5.41, 5.74) is 2.87. The maximum atomic E-state index is 13.0. The Morgan fingerprint density at radius 3 is 2.54 bits per heavy atom. The van der Waals surface area contributed by atoms with Crippen molar-refractivity contribution in [2.45, 2.75) is 39.8 Å². The summed E-state index contributed by atoms with van der Waals surface area (Å²) in [6.07, 6.45) is 0.162. The fourth-order valence-corrected chi connectivity index (χ4v) is 3.02. The molecular weight excluding hydrogens is 348 g/mol. The number of nitrogens with zero attached hydrogens (tertiary/aromatic N) is 1. The average Bonchev–Trinajstić information content (AvgIpc) is 2.61. The summed E-state index contributed by atoms with van der Waals surface area (Å²) in [6, 6.07) is 14.7. The van der Waals surface area contributed by atoms with E-state index in [0.29, 0.717) is 18.1 Å². The van der Waals surface area contributed by atoms with Gasteiger partial charge in [-0.15, -0.1) is 0 Å². The van der Waals surface area contributed by atoms with Gasteiger partial charge in [0.25, 0.3) is 0 Å². The molecule has 1 atom stereocenters. The predicted octanol–water partition coefficient (Wildman–Crippen LogP) is 3.74. The Bertz CT molecular complexity index is 776. The van der Waals surface area contributed by atoms with E-state index in [-0.39, 0.29) is 18.2 Å². The number of halogens is 1. The number of rotatable bonds is 7. The summed E-state index contributed by atoms with van der Waals surface area (Å²) in [4.78, 5) is 26.9. The van der Waals surface area contributed by atoms with Gasteiger partial charge >= 0.3 is 0 Å². The van der Waals surface area contributed by atoms with Crippen molar-refractivity contribution in [3.63, 3.8) is 0 Å². The summed E-state index contributed by atoms with van der Waals surface area (Å²) in [5.74, 6) is -0.286. The molecule has 5 heteroatoms. The second kappa shape index (κ2) is 9.39. The van der Waals surface area contributed by atoms with Crippen molar-refractivity contribution in [3.05, 3.63) is 70.2 Å². The van der Waals surface area contributed by atoms with Crippen LogP contribution in [0.5, 0.6) is 0 Å². The zero-order valence-electron chi connectivity index (χ0n) is 15.5. The van der Waals surface area contributed by atoms with Gasteiger partial charge in [-0.3, -0.25) is 9.59 Å². The highest BCUT2D eigenvalue weighted by Crippen LogP contribution is 2.18. The molecule has 0 saturated carbocycles. The number of nitrogens with one attached hydrogen (secondary N) is 1. The lowest BCUT2D eigenvalue weighted by atomic mass is 10.1. The molecule has 26 heavy (non-hydrogen) atoms. The molecule has 0 bridgehead atoms. The second-order valence-corrected chi connectivity index (χ2v) is 6.76. The van der Waals surface area contributed by atoms with E-state index in [1.807, 2.05) is 56.3 Å². The van der Waals surface area contributed by atoms with E-state index in [4.69, 9.17) is 11.6 Å². The fraction of sp³-hybridized carbons (Fsp3) is 0.333. The van der Waals surface area contributed by atoms with E-state index in [9.17, 15) is 9.59 Å². The summed E-state index contributed by atoms with van der Waals surface area (Å²) >= 11 is 6.20. The van der Waals surface area contributed by atoms with Gasteiger partial charge in [-0.1, -0.05) is 59.6 Å². The molecule has 0 radical (unpaired) electrons. The van der Waals surface area contributed by atoms with E-state index in [1.54, 1.807) is 17.9 Å². The van der Waals surface area contributed by atoms with Gasteiger partial charge in [0.15, 0.2) is 0 Å². The van der Waals surface area contributed by atoms with Crippen molar-refractivity contribution in [2.24, 2.45) is 0 Å². The van der Waals surface area contributed by atoms with Crippen LogP contribution in [-0.4, -0.2) is 29.3 Å². The van der Waals surface area contributed by atoms with Crippen molar-refractivity contribution in [2.75, 3.05) is 6.54 Å². The molecule has 0 aliphatic carbocycles. The fourth-order valence-electron chi connectivity index (χ4n) is 2.82. The Balaban J connectivity index is 2.25. The summed E-state index contributed by atoms with van der Waals surface area (Å²) in [7, 11) is 0. The third-order valence-corrected chi connectivity index (χ3v) is 4.62.